The van der Waals surface area contributed by atoms with Crippen LogP contribution >= 0.6 is 24.0 Å². The average molecular weight is 440 g/mol. The summed E-state index contributed by atoms with van der Waals surface area (Å²) in [7, 11) is 1.65. The summed E-state index contributed by atoms with van der Waals surface area (Å²) in [6, 6.07) is 15.6. The summed E-state index contributed by atoms with van der Waals surface area (Å²) in [5, 5.41) is 12.8. The zero-order chi connectivity index (χ0) is 20.1. The highest BCUT2D eigenvalue weighted by Gasteiger charge is 2.43. The van der Waals surface area contributed by atoms with E-state index >= 15 is 0 Å². The first kappa shape index (κ1) is 24.0. The zero-order valence-electron chi connectivity index (χ0n) is 17.3. The van der Waals surface area contributed by atoms with Crippen LogP contribution in [0.1, 0.15) is 30.9 Å². The third-order valence-electron chi connectivity index (χ3n) is 5.78. The van der Waals surface area contributed by atoms with Crippen LogP contribution in [0.15, 0.2) is 48.5 Å². The molecule has 0 aliphatic carbocycles. The molecule has 1 N–H and O–H groups in total. The van der Waals surface area contributed by atoms with Crippen LogP contribution < -0.4 is 4.74 Å². The van der Waals surface area contributed by atoms with E-state index in [1.807, 2.05) is 48.5 Å². The largest absolute Gasteiger partial charge is 0.497 e. The van der Waals surface area contributed by atoms with Gasteiger partial charge < -0.3 is 14.6 Å². The second-order valence-corrected chi connectivity index (χ2v) is 8.16. The third kappa shape index (κ3) is 5.44. The van der Waals surface area contributed by atoms with E-state index in [9.17, 15) is 5.11 Å². The topological polar surface area (TPSA) is 41.9 Å². The molecule has 2 aromatic rings. The minimum absolute atomic E-state index is 0. The second kappa shape index (κ2) is 10.6. The first-order valence-corrected chi connectivity index (χ1v) is 10.3. The summed E-state index contributed by atoms with van der Waals surface area (Å²) in [5.41, 5.74) is 0.956. The van der Waals surface area contributed by atoms with Crippen LogP contribution in [-0.2, 0) is 10.3 Å². The maximum Gasteiger partial charge on any atom is 0.118 e. The summed E-state index contributed by atoms with van der Waals surface area (Å²) in [6.07, 6.45) is 0. The van der Waals surface area contributed by atoms with Crippen molar-refractivity contribution in [2.45, 2.75) is 25.4 Å². The Hall–Kier alpha value is -1.30. The molecule has 2 atom stereocenters. The number of hydrogen-bond acceptors (Lipinski definition) is 4. The predicted molar refractivity (Wildman–Crippen MR) is 120 cm³/mol. The molecule has 2 aromatic carbocycles. The normalized spacial score (nSPS) is 18.0. The number of rotatable bonds is 7. The molecule has 0 aromatic heterocycles. The molecule has 0 spiro atoms. The highest BCUT2D eigenvalue weighted by Crippen LogP contribution is 2.44. The highest BCUT2D eigenvalue weighted by molar-refractivity contribution is 6.30. The molecule has 1 aliphatic rings. The van der Waals surface area contributed by atoms with Crippen molar-refractivity contribution in [3.8, 4) is 5.75 Å². The van der Waals surface area contributed by atoms with Gasteiger partial charge in [-0.1, -0.05) is 49.7 Å². The average Bonchev–Trinajstić information content (AvgIpc) is 2.73. The van der Waals surface area contributed by atoms with Crippen LogP contribution in [0.25, 0.3) is 0 Å². The number of aliphatic hydroxyl groups is 1. The van der Waals surface area contributed by atoms with E-state index in [4.69, 9.17) is 21.1 Å². The number of ether oxygens (including phenoxy) is 2. The molecular weight excluding hydrogens is 409 g/mol. The van der Waals surface area contributed by atoms with Crippen LogP contribution in [0.5, 0.6) is 5.75 Å². The van der Waals surface area contributed by atoms with Crippen LogP contribution in [0, 0.1) is 5.92 Å². The van der Waals surface area contributed by atoms with Gasteiger partial charge in [0.25, 0.3) is 0 Å². The molecule has 0 bridgehead atoms. The summed E-state index contributed by atoms with van der Waals surface area (Å²) in [4.78, 5) is 2.37. The highest BCUT2D eigenvalue weighted by atomic mass is 35.5. The zero-order valence-corrected chi connectivity index (χ0v) is 18.9. The Morgan fingerprint density at radius 3 is 2.17 bits per heavy atom. The molecule has 1 fully saturated rings. The van der Waals surface area contributed by atoms with E-state index in [-0.39, 0.29) is 24.2 Å². The first-order chi connectivity index (χ1) is 13.4. The molecule has 0 amide bonds. The Balaban J connectivity index is 0.00000300. The van der Waals surface area contributed by atoms with Crippen molar-refractivity contribution >= 4 is 24.0 Å². The van der Waals surface area contributed by atoms with Crippen LogP contribution in [0.2, 0.25) is 5.02 Å². The van der Waals surface area contributed by atoms with Gasteiger partial charge in [0.05, 0.1) is 25.9 Å². The van der Waals surface area contributed by atoms with E-state index in [0.29, 0.717) is 5.02 Å². The van der Waals surface area contributed by atoms with Crippen molar-refractivity contribution in [2.24, 2.45) is 5.92 Å². The van der Waals surface area contributed by atoms with Crippen LogP contribution in [0.3, 0.4) is 0 Å². The van der Waals surface area contributed by atoms with Gasteiger partial charge in [-0.15, -0.1) is 12.4 Å². The number of benzene rings is 2. The van der Waals surface area contributed by atoms with E-state index in [1.54, 1.807) is 7.11 Å². The van der Waals surface area contributed by atoms with Crippen molar-refractivity contribution < 1.29 is 14.6 Å². The van der Waals surface area contributed by atoms with Crippen molar-refractivity contribution in [1.82, 2.24) is 4.90 Å². The van der Waals surface area contributed by atoms with Gasteiger partial charge >= 0.3 is 0 Å². The molecule has 2 unspecified atom stereocenters. The number of morpholine rings is 1. The van der Waals surface area contributed by atoms with Gasteiger partial charge in [-0.25, -0.2) is 0 Å². The van der Waals surface area contributed by atoms with E-state index in [1.165, 1.54) is 0 Å². The lowest BCUT2D eigenvalue weighted by Crippen LogP contribution is -2.47. The number of halogens is 2. The molecule has 4 nitrogen and oxygen atoms in total. The van der Waals surface area contributed by atoms with Crippen LogP contribution in [-0.4, -0.2) is 50.0 Å². The number of hydrogen-bond donors (Lipinski definition) is 1. The van der Waals surface area contributed by atoms with Crippen molar-refractivity contribution in [3.05, 3.63) is 64.7 Å². The Labute approximate surface area is 185 Å². The fourth-order valence-corrected chi connectivity index (χ4v) is 4.16. The Morgan fingerprint density at radius 2 is 1.66 bits per heavy atom. The molecule has 160 valence electrons. The number of nitrogens with zero attached hydrogens (tertiary/aromatic N) is 1. The van der Waals surface area contributed by atoms with Crippen molar-refractivity contribution in [3.63, 3.8) is 0 Å². The lowest BCUT2D eigenvalue weighted by atomic mass is 9.70. The lowest BCUT2D eigenvalue weighted by molar-refractivity contribution is -0.0547. The fraction of sp³-hybridized carbons (Fsp3) is 0.478. The maximum absolute atomic E-state index is 12.1. The molecule has 6 heteroatoms. The van der Waals surface area contributed by atoms with Gasteiger partial charge in [-0.2, -0.15) is 0 Å². The fourth-order valence-electron chi connectivity index (χ4n) is 4.03. The summed E-state index contributed by atoms with van der Waals surface area (Å²) in [6.45, 7) is 8.12. The van der Waals surface area contributed by atoms with Gasteiger partial charge in [0.2, 0.25) is 0 Å². The minimum atomic E-state index is -1.03. The minimum Gasteiger partial charge on any atom is -0.497 e. The lowest BCUT2D eigenvalue weighted by Gasteiger charge is -2.43. The molecule has 1 saturated heterocycles. The molecule has 1 aliphatic heterocycles. The molecular formula is C23H31Cl2NO3. The molecule has 29 heavy (non-hydrogen) atoms. The molecule has 1 heterocycles. The Morgan fingerprint density at radius 1 is 1.07 bits per heavy atom. The van der Waals surface area contributed by atoms with E-state index < -0.39 is 5.60 Å². The van der Waals surface area contributed by atoms with Gasteiger partial charge in [-0.3, -0.25) is 4.90 Å². The van der Waals surface area contributed by atoms with E-state index in [2.05, 4.69) is 18.7 Å². The molecule has 0 saturated carbocycles. The van der Waals surface area contributed by atoms with Gasteiger partial charge in [0, 0.05) is 30.6 Å². The van der Waals surface area contributed by atoms with Crippen molar-refractivity contribution in [2.75, 3.05) is 40.0 Å². The van der Waals surface area contributed by atoms with Gasteiger partial charge in [0.1, 0.15) is 5.75 Å². The quantitative estimate of drug-likeness (QED) is 0.676. The standard InChI is InChI=1S/C23H30ClNO3.ClH/c1-17(2)23(26,19-6-10-21(27-3)11-7-19)22(16-25-12-14-28-15-13-25)18-4-8-20(24)9-5-18;/h4-11,17,22,26H,12-16H2,1-3H3;1H. The number of methoxy groups -OCH3 is 1. The summed E-state index contributed by atoms with van der Waals surface area (Å²) >= 11 is 6.13. The Kier molecular flexibility index (Phi) is 8.80. The molecule has 3 rings (SSSR count). The molecule has 0 radical (unpaired) electrons. The van der Waals surface area contributed by atoms with Gasteiger partial charge in [0.15, 0.2) is 0 Å². The summed E-state index contributed by atoms with van der Waals surface area (Å²) in [5.74, 6) is 0.699. The monoisotopic (exact) mass is 439 g/mol. The SMILES string of the molecule is COc1ccc(C(O)(C(C)C)C(CN2CCOCC2)c2ccc(Cl)cc2)cc1.Cl. The third-order valence-corrected chi connectivity index (χ3v) is 6.03. The second-order valence-electron chi connectivity index (χ2n) is 7.73. The van der Waals surface area contributed by atoms with Crippen LogP contribution in [0.4, 0.5) is 0 Å². The first-order valence-electron chi connectivity index (χ1n) is 9.87. The smallest absolute Gasteiger partial charge is 0.118 e. The predicted octanol–water partition coefficient (Wildman–Crippen LogP) is 4.73. The Bertz CT molecular complexity index is 746. The van der Waals surface area contributed by atoms with E-state index in [0.717, 1.165) is 49.7 Å². The van der Waals surface area contributed by atoms with Crippen molar-refractivity contribution in [1.29, 1.82) is 0 Å². The summed E-state index contributed by atoms with van der Waals surface area (Å²) < 4.78 is 10.8. The maximum atomic E-state index is 12.1. The van der Waals surface area contributed by atoms with Gasteiger partial charge in [-0.05, 0) is 41.3 Å².